The fraction of sp³-hybridized carbons (Fsp3) is 0.417. The van der Waals surface area contributed by atoms with Crippen molar-refractivity contribution in [2.75, 3.05) is 21.3 Å². The molecule has 0 unspecified atom stereocenters. The first-order chi connectivity index (χ1) is 14.7. The molecule has 0 aromatic heterocycles. The summed E-state index contributed by atoms with van der Waals surface area (Å²) in [4.78, 5) is 13.3. The molecule has 30 heavy (non-hydrogen) atoms. The SMILES string of the molecule is COc1ccccc1CN1N=C(c2ccc(OC)c(OC)c2)[C@H]2CCCC[C@H]2C1=O. The highest BCUT2D eigenvalue weighted by Gasteiger charge is 2.41. The van der Waals surface area contributed by atoms with Gasteiger partial charge in [-0.3, -0.25) is 4.79 Å². The second-order valence-electron chi connectivity index (χ2n) is 7.76. The van der Waals surface area contributed by atoms with Crippen LogP contribution < -0.4 is 14.2 Å². The number of nitrogens with zero attached hydrogens (tertiary/aromatic N) is 2. The van der Waals surface area contributed by atoms with Crippen molar-refractivity contribution < 1.29 is 19.0 Å². The summed E-state index contributed by atoms with van der Waals surface area (Å²) >= 11 is 0. The van der Waals surface area contributed by atoms with Crippen LogP contribution in [-0.4, -0.2) is 38.0 Å². The number of hydrazone groups is 1. The van der Waals surface area contributed by atoms with Gasteiger partial charge in [0.25, 0.3) is 0 Å². The Morgan fingerprint density at radius 1 is 0.900 bits per heavy atom. The predicted octanol–water partition coefficient (Wildman–Crippen LogP) is 4.27. The lowest BCUT2D eigenvalue weighted by atomic mass is 9.73. The van der Waals surface area contributed by atoms with Crippen molar-refractivity contribution >= 4 is 11.6 Å². The normalized spacial score (nSPS) is 21.0. The number of rotatable bonds is 6. The van der Waals surface area contributed by atoms with Crippen LogP contribution in [0.2, 0.25) is 0 Å². The molecule has 1 aliphatic carbocycles. The minimum absolute atomic E-state index is 0.0333. The first-order valence-corrected chi connectivity index (χ1v) is 10.4. The Balaban J connectivity index is 1.75. The number of ether oxygens (including phenoxy) is 3. The number of para-hydroxylation sites is 1. The van der Waals surface area contributed by atoms with Gasteiger partial charge in [-0.25, -0.2) is 5.01 Å². The van der Waals surface area contributed by atoms with Crippen LogP contribution in [0.15, 0.2) is 47.6 Å². The van der Waals surface area contributed by atoms with E-state index in [0.717, 1.165) is 48.3 Å². The van der Waals surface area contributed by atoms with Crippen LogP contribution in [0.1, 0.15) is 36.8 Å². The molecule has 1 amide bonds. The number of hydrogen-bond acceptors (Lipinski definition) is 5. The molecule has 2 aromatic rings. The average Bonchev–Trinajstić information content (AvgIpc) is 2.80. The first-order valence-electron chi connectivity index (χ1n) is 10.4. The summed E-state index contributed by atoms with van der Waals surface area (Å²) in [5.74, 6) is 2.32. The van der Waals surface area contributed by atoms with E-state index in [1.165, 1.54) is 0 Å². The lowest BCUT2D eigenvalue weighted by Crippen LogP contribution is -2.45. The van der Waals surface area contributed by atoms with Crippen LogP contribution >= 0.6 is 0 Å². The summed E-state index contributed by atoms with van der Waals surface area (Å²) in [5, 5.41) is 6.49. The molecule has 1 heterocycles. The summed E-state index contributed by atoms with van der Waals surface area (Å²) in [6.07, 6.45) is 4.08. The van der Waals surface area contributed by atoms with Gasteiger partial charge in [-0.1, -0.05) is 31.0 Å². The van der Waals surface area contributed by atoms with E-state index in [2.05, 4.69) is 0 Å². The van der Waals surface area contributed by atoms with E-state index in [9.17, 15) is 4.79 Å². The number of benzene rings is 2. The van der Waals surface area contributed by atoms with E-state index in [-0.39, 0.29) is 17.7 Å². The molecule has 6 nitrogen and oxygen atoms in total. The van der Waals surface area contributed by atoms with Crippen LogP contribution in [0.5, 0.6) is 17.2 Å². The maximum Gasteiger partial charge on any atom is 0.246 e. The molecule has 1 aliphatic heterocycles. The molecule has 0 saturated heterocycles. The molecule has 6 heteroatoms. The third-order valence-corrected chi connectivity index (χ3v) is 6.11. The van der Waals surface area contributed by atoms with Crippen molar-refractivity contribution in [2.45, 2.75) is 32.2 Å². The summed E-state index contributed by atoms with van der Waals surface area (Å²) < 4.78 is 16.4. The fourth-order valence-electron chi connectivity index (χ4n) is 4.57. The van der Waals surface area contributed by atoms with Crippen LogP contribution in [0.25, 0.3) is 0 Å². The number of fused-ring (bicyclic) bond motifs is 1. The van der Waals surface area contributed by atoms with Crippen molar-refractivity contribution in [1.29, 1.82) is 0 Å². The Morgan fingerprint density at radius 3 is 2.33 bits per heavy atom. The van der Waals surface area contributed by atoms with E-state index >= 15 is 0 Å². The minimum atomic E-state index is -0.0333. The zero-order chi connectivity index (χ0) is 21.1. The van der Waals surface area contributed by atoms with Crippen molar-refractivity contribution in [3.8, 4) is 17.2 Å². The molecule has 2 atom stereocenters. The van der Waals surface area contributed by atoms with Gasteiger partial charge in [0.2, 0.25) is 5.91 Å². The minimum Gasteiger partial charge on any atom is -0.496 e. The molecule has 4 rings (SSSR count). The number of methoxy groups -OCH3 is 3. The predicted molar refractivity (Wildman–Crippen MR) is 115 cm³/mol. The second-order valence-corrected chi connectivity index (χ2v) is 7.76. The van der Waals surface area contributed by atoms with Gasteiger partial charge in [0.1, 0.15) is 5.75 Å². The quantitative estimate of drug-likeness (QED) is 0.716. The molecule has 0 N–H and O–H groups in total. The third-order valence-electron chi connectivity index (χ3n) is 6.11. The largest absolute Gasteiger partial charge is 0.496 e. The third kappa shape index (κ3) is 3.74. The van der Waals surface area contributed by atoms with E-state index in [4.69, 9.17) is 19.3 Å². The van der Waals surface area contributed by atoms with Gasteiger partial charge in [-0.15, -0.1) is 0 Å². The first kappa shape index (κ1) is 20.3. The van der Waals surface area contributed by atoms with Crippen LogP contribution in [0, 0.1) is 11.8 Å². The van der Waals surface area contributed by atoms with Crippen LogP contribution in [0.4, 0.5) is 0 Å². The molecule has 158 valence electrons. The molecule has 0 radical (unpaired) electrons. The van der Waals surface area contributed by atoms with Gasteiger partial charge >= 0.3 is 0 Å². The number of carbonyl (C=O) groups excluding carboxylic acids is 1. The molecular weight excluding hydrogens is 380 g/mol. The highest BCUT2D eigenvalue weighted by Crippen LogP contribution is 2.39. The molecule has 2 aromatic carbocycles. The Bertz CT molecular complexity index is 956. The Hall–Kier alpha value is -3.02. The molecule has 1 fully saturated rings. The van der Waals surface area contributed by atoms with Gasteiger partial charge < -0.3 is 14.2 Å². The van der Waals surface area contributed by atoms with Crippen LogP contribution in [-0.2, 0) is 11.3 Å². The summed E-state index contributed by atoms with van der Waals surface area (Å²) in [6, 6.07) is 13.6. The molecule has 0 spiro atoms. The van der Waals surface area contributed by atoms with E-state index in [1.54, 1.807) is 26.3 Å². The summed E-state index contributed by atoms with van der Waals surface area (Å²) in [6.45, 7) is 0.392. The number of amides is 1. The maximum atomic E-state index is 13.3. The number of hydrogen-bond donors (Lipinski definition) is 0. The summed E-state index contributed by atoms with van der Waals surface area (Å²) in [7, 11) is 4.90. The van der Waals surface area contributed by atoms with Gasteiger partial charge in [0, 0.05) is 23.0 Å². The second kappa shape index (κ2) is 8.78. The molecule has 2 aliphatic rings. The smallest absolute Gasteiger partial charge is 0.246 e. The van der Waals surface area contributed by atoms with E-state index in [1.807, 2.05) is 42.5 Å². The standard InChI is InChI=1S/C24H28N2O4/c1-28-20-11-7-4-8-17(20)15-26-24(27)19-10-6-5-9-18(19)23(25-26)16-12-13-21(29-2)22(14-16)30-3/h4,7-8,11-14,18-19H,5-6,9-10,15H2,1-3H3/t18-,19+/m0/s1. The highest BCUT2D eigenvalue weighted by atomic mass is 16.5. The molecule has 1 saturated carbocycles. The Kier molecular flexibility index (Phi) is 5.93. The zero-order valence-electron chi connectivity index (χ0n) is 17.8. The van der Waals surface area contributed by atoms with Crippen molar-refractivity contribution in [3.05, 3.63) is 53.6 Å². The summed E-state index contributed by atoms with van der Waals surface area (Å²) in [5.41, 5.74) is 2.87. The van der Waals surface area contributed by atoms with Gasteiger partial charge in [0.05, 0.1) is 33.6 Å². The maximum absolute atomic E-state index is 13.3. The lowest BCUT2D eigenvalue weighted by molar-refractivity contribution is -0.139. The van der Waals surface area contributed by atoms with Gasteiger partial charge in [-0.2, -0.15) is 5.10 Å². The lowest BCUT2D eigenvalue weighted by Gasteiger charge is -2.38. The Labute approximate surface area is 177 Å². The average molecular weight is 408 g/mol. The fourth-order valence-corrected chi connectivity index (χ4v) is 4.57. The molecular formula is C24H28N2O4. The van der Waals surface area contributed by atoms with E-state index < -0.39 is 0 Å². The van der Waals surface area contributed by atoms with Gasteiger partial charge in [0.15, 0.2) is 11.5 Å². The van der Waals surface area contributed by atoms with Crippen molar-refractivity contribution in [1.82, 2.24) is 5.01 Å². The molecule has 0 bridgehead atoms. The number of carbonyl (C=O) groups is 1. The van der Waals surface area contributed by atoms with Crippen molar-refractivity contribution in [3.63, 3.8) is 0 Å². The van der Waals surface area contributed by atoms with Crippen molar-refractivity contribution in [2.24, 2.45) is 16.9 Å². The highest BCUT2D eigenvalue weighted by molar-refractivity contribution is 6.07. The van der Waals surface area contributed by atoms with E-state index in [0.29, 0.717) is 18.0 Å². The Morgan fingerprint density at radius 2 is 1.60 bits per heavy atom. The van der Waals surface area contributed by atoms with Gasteiger partial charge in [-0.05, 0) is 37.1 Å². The topological polar surface area (TPSA) is 60.4 Å². The van der Waals surface area contributed by atoms with Crippen LogP contribution in [0.3, 0.4) is 0 Å². The zero-order valence-corrected chi connectivity index (χ0v) is 17.8. The monoisotopic (exact) mass is 408 g/mol.